The third-order valence-corrected chi connectivity index (χ3v) is 2.11. The number of ether oxygens (including phenoxy) is 2. The van der Waals surface area contributed by atoms with E-state index in [0.29, 0.717) is 0 Å². The minimum atomic E-state index is 0.775. The molecule has 0 N–H and O–H groups in total. The summed E-state index contributed by atoms with van der Waals surface area (Å²) in [6.07, 6.45) is 3.88. The average molecular weight is 188 g/mol. The lowest BCUT2D eigenvalue weighted by atomic mass is 10.1. The fourth-order valence-electron chi connectivity index (χ4n) is 1.34. The molecule has 0 unspecified atom stereocenters. The van der Waals surface area contributed by atoms with E-state index in [1.54, 1.807) is 12.5 Å². The molecule has 1 aliphatic rings. The summed E-state index contributed by atoms with van der Waals surface area (Å²) in [4.78, 5) is 0. The van der Waals surface area contributed by atoms with E-state index in [1.807, 2.05) is 25.1 Å². The molecule has 2 heteroatoms. The summed E-state index contributed by atoms with van der Waals surface area (Å²) in [5, 5.41) is 0. The van der Waals surface area contributed by atoms with Crippen LogP contribution in [0.15, 0.2) is 54.4 Å². The van der Waals surface area contributed by atoms with E-state index in [9.17, 15) is 0 Å². The van der Waals surface area contributed by atoms with Crippen molar-refractivity contribution in [2.24, 2.45) is 0 Å². The van der Waals surface area contributed by atoms with Crippen LogP contribution in [0.2, 0.25) is 0 Å². The quantitative estimate of drug-likeness (QED) is 0.710. The second-order valence-electron chi connectivity index (χ2n) is 3.15. The van der Waals surface area contributed by atoms with Crippen molar-refractivity contribution >= 4 is 0 Å². The van der Waals surface area contributed by atoms with Crippen LogP contribution in [0.25, 0.3) is 0 Å². The maximum Gasteiger partial charge on any atom is 0.146 e. The van der Waals surface area contributed by atoms with Crippen molar-refractivity contribution in [1.82, 2.24) is 0 Å². The van der Waals surface area contributed by atoms with Crippen molar-refractivity contribution in [3.05, 3.63) is 59.9 Å². The zero-order chi connectivity index (χ0) is 9.80. The Kier molecular flexibility index (Phi) is 2.54. The van der Waals surface area contributed by atoms with Crippen molar-refractivity contribution in [3.63, 3.8) is 0 Å². The van der Waals surface area contributed by atoms with Gasteiger partial charge >= 0.3 is 0 Å². The normalized spacial score (nSPS) is 14.9. The molecular formula is C12H12O2. The van der Waals surface area contributed by atoms with Gasteiger partial charge < -0.3 is 9.47 Å². The van der Waals surface area contributed by atoms with Crippen LogP contribution in [0.4, 0.5) is 0 Å². The van der Waals surface area contributed by atoms with Gasteiger partial charge in [-0.2, -0.15) is 0 Å². The van der Waals surface area contributed by atoms with Crippen LogP contribution in [-0.4, -0.2) is 0 Å². The highest BCUT2D eigenvalue weighted by Gasteiger charge is 2.08. The third kappa shape index (κ3) is 1.96. The molecule has 0 bridgehead atoms. The second kappa shape index (κ2) is 4.01. The van der Waals surface area contributed by atoms with Gasteiger partial charge in [0.25, 0.3) is 0 Å². The fraction of sp³-hybridized carbons (Fsp3) is 0.167. The highest BCUT2D eigenvalue weighted by atomic mass is 16.5. The maximum atomic E-state index is 5.37. The molecule has 72 valence electrons. The summed E-state index contributed by atoms with van der Waals surface area (Å²) < 4.78 is 10.6. The van der Waals surface area contributed by atoms with Crippen molar-refractivity contribution in [3.8, 4) is 0 Å². The molecule has 2 rings (SSSR count). The lowest BCUT2D eigenvalue weighted by Gasteiger charge is -2.14. The Morgan fingerprint density at radius 3 is 2.43 bits per heavy atom. The Bertz CT molecular complexity index is 363. The number of rotatable bonds is 2. The van der Waals surface area contributed by atoms with Crippen molar-refractivity contribution in [2.75, 3.05) is 0 Å². The first-order valence-electron chi connectivity index (χ1n) is 4.58. The Morgan fingerprint density at radius 1 is 1.00 bits per heavy atom. The Balaban J connectivity index is 2.11. The van der Waals surface area contributed by atoms with Crippen molar-refractivity contribution in [2.45, 2.75) is 13.3 Å². The molecule has 14 heavy (non-hydrogen) atoms. The van der Waals surface area contributed by atoms with Crippen LogP contribution >= 0.6 is 0 Å². The molecule has 0 amide bonds. The lowest BCUT2D eigenvalue weighted by molar-refractivity contribution is 0.223. The largest absolute Gasteiger partial charge is 0.463 e. The predicted molar refractivity (Wildman–Crippen MR) is 54.2 cm³/mol. The monoisotopic (exact) mass is 188 g/mol. The minimum absolute atomic E-state index is 0.775. The summed E-state index contributed by atoms with van der Waals surface area (Å²) >= 11 is 0. The number of hydrogen-bond acceptors (Lipinski definition) is 2. The van der Waals surface area contributed by atoms with E-state index >= 15 is 0 Å². The van der Waals surface area contributed by atoms with Gasteiger partial charge in [0.2, 0.25) is 0 Å². The van der Waals surface area contributed by atoms with Crippen LogP contribution < -0.4 is 0 Å². The van der Waals surface area contributed by atoms with Crippen LogP contribution in [0.1, 0.15) is 12.5 Å². The van der Waals surface area contributed by atoms with Gasteiger partial charge in [-0.25, -0.2) is 0 Å². The van der Waals surface area contributed by atoms with Crippen LogP contribution in [0.5, 0.6) is 0 Å². The molecule has 0 saturated carbocycles. The molecule has 2 nitrogen and oxygen atoms in total. The first-order valence-corrected chi connectivity index (χ1v) is 4.58. The number of benzene rings is 1. The SMILES string of the molecule is CC1=C(Cc2ccccc2)OC=CO1. The highest BCUT2D eigenvalue weighted by molar-refractivity contribution is 5.21. The van der Waals surface area contributed by atoms with Gasteiger partial charge in [-0.05, 0) is 12.5 Å². The number of allylic oxidation sites excluding steroid dienone is 2. The first-order chi connectivity index (χ1) is 6.86. The average Bonchev–Trinajstić information content (AvgIpc) is 2.23. The molecule has 1 heterocycles. The van der Waals surface area contributed by atoms with Gasteiger partial charge in [0.1, 0.15) is 24.0 Å². The van der Waals surface area contributed by atoms with Crippen LogP contribution in [-0.2, 0) is 15.9 Å². The second-order valence-corrected chi connectivity index (χ2v) is 3.15. The molecule has 0 radical (unpaired) electrons. The van der Waals surface area contributed by atoms with Crippen LogP contribution in [0, 0.1) is 0 Å². The maximum absolute atomic E-state index is 5.37. The Morgan fingerprint density at radius 2 is 1.71 bits per heavy atom. The lowest BCUT2D eigenvalue weighted by Crippen LogP contribution is -2.01. The van der Waals surface area contributed by atoms with Crippen molar-refractivity contribution < 1.29 is 9.47 Å². The van der Waals surface area contributed by atoms with E-state index in [4.69, 9.17) is 9.47 Å². The van der Waals surface area contributed by atoms with Gasteiger partial charge in [-0.3, -0.25) is 0 Å². The van der Waals surface area contributed by atoms with Crippen LogP contribution in [0.3, 0.4) is 0 Å². The third-order valence-electron chi connectivity index (χ3n) is 2.11. The Labute approximate surface area is 83.5 Å². The van der Waals surface area contributed by atoms with Gasteiger partial charge in [0, 0.05) is 6.42 Å². The van der Waals surface area contributed by atoms with E-state index in [2.05, 4.69) is 12.1 Å². The minimum Gasteiger partial charge on any atom is -0.463 e. The molecular weight excluding hydrogens is 176 g/mol. The van der Waals surface area contributed by atoms with Gasteiger partial charge in [-0.15, -0.1) is 0 Å². The van der Waals surface area contributed by atoms with Gasteiger partial charge in [-0.1, -0.05) is 30.3 Å². The topological polar surface area (TPSA) is 18.5 Å². The molecule has 1 aromatic rings. The first kappa shape index (κ1) is 8.88. The molecule has 0 aliphatic carbocycles. The summed E-state index contributed by atoms with van der Waals surface area (Å²) in [7, 11) is 0. The summed E-state index contributed by atoms with van der Waals surface area (Å²) in [5.74, 6) is 1.70. The van der Waals surface area contributed by atoms with Gasteiger partial charge in [0.05, 0.1) is 0 Å². The molecule has 0 spiro atoms. The predicted octanol–water partition coefficient (Wildman–Crippen LogP) is 2.98. The van der Waals surface area contributed by atoms with E-state index in [-0.39, 0.29) is 0 Å². The summed E-state index contributed by atoms with van der Waals surface area (Å²) in [6.45, 7) is 1.90. The fourth-order valence-corrected chi connectivity index (χ4v) is 1.34. The van der Waals surface area contributed by atoms with E-state index < -0.39 is 0 Å². The van der Waals surface area contributed by atoms with E-state index in [0.717, 1.165) is 17.9 Å². The van der Waals surface area contributed by atoms with Crippen molar-refractivity contribution in [1.29, 1.82) is 0 Å². The molecule has 1 aliphatic heterocycles. The zero-order valence-corrected chi connectivity index (χ0v) is 8.07. The molecule has 0 aromatic heterocycles. The highest BCUT2D eigenvalue weighted by Crippen LogP contribution is 2.18. The Hall–Kier alpha value is -1.70. The molecule has 1 aromatic carbocycles. The zero-order valence-electron chi connectivity index (χ0n) is 8.07. The van der Waals surface area contributed by atoms with E-state index in [1.165, 1.54) is 5.56 Å². The summed E-state index contributed by atoms with van der Waals surface area (Å²) in [6, 6.07) is 10.2. The smallest absolute Gasteiger partial charge is 0.146 e. The molecule has 0 fully saturated rings. The summed E-state index contributed by atoms with van der Waals surface area (Å²) in [5.41, 5.74) is 1.22. The standard InChI is InChI=1S/C12H12O2/c1-10-12(14-8-7-13-10)9-11-5-3-2-4-6-11/h2-8H,9H2,1H3. The molecule has 0 atom stereocenters. The number of hydrogen-bond donors (Lipinski definition) is 0. The molecule has 0 saturated heterocycles. The van der Waals surface area contributed by atoms with Gasteiger partial charge in [0.15, 0.2) is 0 Å².